The molecule has 2 aromatic rings. The van der Waals surface area contributed by atoms with Crippen LogP contribution in [0.4, 0.5) is 10.1 Å². The van der Waals surface area contributed by atoms with Crippen LogP contribution in [-0.4, -0.2) is 24.9 Å². The minimum Gasteiger partial charge on any atom is -0.485 e. The second-order valence-electron chi connectivity index (χ2n) is 9.93. The van der Waals surface area contributed by atoms with Crippen molar-refractivity contribution in [1.29, 1.82) is 0 Å². The van der Waals surface area contributed by atoms with Crippen LogP contribution in [0.1, 0.15) is 76.5 Å². The maximum absolute atomic E-state index is 13.3. The SMILES string of the molecule is CCNc1ccc2c(c1)C(OCCC1CCCCC1)C(OCc1ccc(F)cc1)C(C)(C)O2. The maximum atomic E-state index is 13.3. The molecule has 0 aromatic heterocycles. The molecule has 180 valence electrons. The van der Waals surface area contributed by atoms with Crippen molar-refractivity contribution in [1.82, 2.24) is 0 Å². The van der Waals surface area contributed by atoms with Gasteiger partial charge in [-0.1, -0.05) is 44.2 Å². The number of ether oxygens (including phenoxy) is 3. The fourth-order valence-corrected chi connectivity index (χ4v) is 5.12. The third-order valence-electron chi connectivity index (χ3n) is 6.92. The molecule has 0 amide bonds. The van der Waals surface area contributed by atoms with E-state index in [2.05, 4.69) is 38.2 Å². The van der Waals surface area contributed by atoms with Crippen molar-refractivity contribution in [3.05, 3.63) is 59.4 Å². The Bertz CT molecular complexity index is 893. The summed E-state index contributed by atoms with van der Waals surface area (Å²) in [7, 11) is 0. The molecule has 0 radical (unpaired) electrons. The smallest absolute Gasteiger partial charge is 0.132 e. The van der Waals surface area contributed by atoms with Gasteiger partial charge in [-0.2, -0.15) is 0 Å². The molecule has 33 heavy (non-hydrogen) atoms. The van der Waals surface area contributed by atoms with Gasteiger partial charge in [0.2, 0.25) is 0 Å². The predicted molar refractivity (Wildman–Crippen MR) is 130 cm³/mol. The quantitative estimate of drug-likeness (QED) is 0.440. The molecule has 4 rings (SSSR count). The zero-order valence-corrected chi connectivity index (χ0v) is 20.2. The van der Waals surface area contributed by atoms with Gasteiger partial charge in [0.15, 0.2) is 0 Å². The molecule has 1 aliphatic carbocycles. The van der Waals surface area contributed by atoms with Gasteiger partial charge in [0.25, 0.3) is 0 Å². The van der Waals surface area contributed by atoms with E-state index in [1.165, 1.54) is 44.2 Å². The van der Waals surface area contributed by atoms with Crippen molar-refractivity contribution >= 4 is 5.69 Å². The van der Waals surface area contributed by atoms with Gasteiger partial charge in [-0.05, 0) is 69.0 Å². The Morgan fingerprint density at radius 1 is 1.03 bits per heavy atom. The highest BCUT2D eigenvalue weighted by Crippen LogP contribution is 2.45. The van der Waals surface area contributed by atoms with Crippen LogP contribution >= 0.6 is 0 Å². The van der Waals surface area contributed by atoms with Crippen molar-refractivity contribution < 1.29 is 18.6 Å². The molecular formula is C28H38FNO3. The summed E-state index contributed by atoms with van der Waals surface area (Å²) in [4.78, 5) is 0. The minimum absolute atomic E-state index is 0.230. The summed E-state index contributed by atoms with van der Waals surface area (Å²) in [5, 5.41) is 3.40. The molecule has 0 spiro atoms. The summed E-state index contributed by atoms with van der Waals surface area (Å²) in [5.74, 6) is 1.37. The van der Waals surface area contributed by atoms with Gasteiger partial charge in [0.05, 0.1) is 6.61 Å². The van der Waals surface area contributed by atoms with Crippen molar-refractivity contribution in [3.8, 4) is 5.75 Å². The van der Waals surface area contributed by atoms with E-state index >= 15 is 0 Å². The third kappa shape index (κ3) is 6.07. The average Bonchev–Trinajstić information content (AvgIpc) is 2.80. The molecule has 2 aliphatic rings. The second-order valence-corrected chi connectivity index (χ2v) is 9.93. The zero-order valence-electron chi connectivity index (χ0n) is 20.2. The third-order valence-corrected chi connectivity index (χ3v) is 6.92. The van der Waals surface area contributed by atoms with E-state index in [-0.39, 0.29) is 18.0 Å². The Balaban J connectivity index is 1.54. The molecule has 0 saturated heterocycles. The first kappa shape index (κ1) is 24.0. The highest BCUT2D eigenvalue weighted by Gasteiger charge is 2.45. The normalized spacial score (nSPS) is 22.4. The van der Waals surface area contributed by atoms with E-state index in [1.807, 2.05) is 6.07 Å². The molecule has 2 atom stereocenters. The van der Waals surface area contributed by atoms with Crippen molar-refractivity contribution in [2.45, 2.75) is 83.7 Å². The molecular weight excluding hydrogens is 417 g/mol. The Hall–Kier alpha value is -2.11. The van der Waals surface area contributed by atoms with Gasteiger partial charge >= 0.3 is 0 Å². The number of rotatable bonds is 9. The molecule has 1 saturated carbocycles. The van der Waals surface area contributed by atoms with E-state index in [9.17, 15) is 4.39 Å². The van der Waals surface area contributed by atoms with Gasteiger partial charge in [0.1, 0.15) is 29.4 Å². The standard InChI is InChI=1S/C28H38FNO3/c1-4-30-23-14-15-25-24(18-23)26(31-17-16-20-8-6-5-7-9-20)27(28(2,3)33-25)32-19-21-10-12-22(29)13-11-21/h10-15,18,20,26-27,30H,4-9,16-17,19H2,1-3H3. The highest BCUT2D eigenvalue weighted by atomic mass is 19.1. The summed E-state index contributed by atoms with van der Waals surface area (Å²) >= 11 is 0. The average molecular weight is 456 g/mol. The molecule has 4 nitrogen and oxygen atoms in total. The Kier molecular flexibility index (Phi) is 7.92. The van der Waals surface area contributed by atoms with E-state index < -0.39 is 5.60 Å². The van der Waals surface area contributed by atoms with Gasteiger partial charge in [-0.3, -0.25) is 0 Å². The Morgan fingerprint density at radius 3 is 2.52 bits per heavy atom. The largest absolute Gasteiger partial charge is 0.485 e. The highest BCUT2D eigenvalue weighted by molar-refractivity contribution is 5.53. The van der Waals surface area contributed by atoms with Crippen LogP contribution < -0.4 is 10.1 Å². The van der Waals surface area contributed by atoms with E-state index in [0.717, 1.165) is 41.4 Å². The van der Waals surface area contributed by atoms with Gasteiger partial charge in [-0.15, -0.1) is 0 Å². The molecule has 5 heteroatoms. The van der Waals surface area contributed by atoms with Gasteiger partial charge < -0.3 is 19.5 Å². The molecule has 0 bridgehead atoms. The number of benzene rings is 2. The lowest BCUT2D eigenvalue weighted by Crippen LogP contribution is -2.51. The summed E-state index contributed by atoms with van der Waals surface area (Å²) < 4.78 is 32.8. The molecule has 1 N–H and O–H groups in total. The number of anilines is 1. The monoisotopic (exact) mass is 455 g/mol. The molecule has 1 heterocycles. The van der Waals surface area contributed by atoms with Crippen LogP contribution in [0.25, 0.3) is 0 Å². The second kappa shape index (κ2) is 10.9. The molecule has 1 fully saturated rings. The molecule has 2 aromatic carbocycles. The number of hydrogen-bond donors (Lipinski definition) is 1. The van der Waals surface area contributed by atoms with Crippen LogP contribution in [-0.2, 0) is 16.1 Å². The van der Waals surface area contributed by atoms with Gasteiger partial charge in [0, 0.05) is 24.4 Å². The number of fused-ring (bicyclic) bond motifs is 1. The van der Waals surface area contributed by atoms with Crippen LogP contribution in [0.3, 0.4) is 0 Å². The zero-order chi connectivity index (χ0) is 23.3. The first-order valence-corrected chi connectivity index (χ1v) is 12.5. The number of nitrogens with one attached hydrogen (secondary N) is 1. The van der Waals surface area contributed by atoms with Crippen LogP contribution in [0.2, 0.25) is 0 Å². The molecule has 1 aliphatic heterocycles. The van der Waals surface area contributed by atoms with Crippen molar-refractivity contribution in [2.75, 3.05) is 18.5 Å². The van der Waals surface area contributed by atoms with Crippen LogP contribution in [0.15, 0.2) is 42.5 Å². The lowest BCUT2D eigenvalue weighted by Gasteiger charge is -2.44. The summed E-state index contributed by atoms with van der Waals surface area (Å²) in [6.45, 7) is 8.14. The first-order valence-electron chi connectivity index (χ1n) is 12.5. The first-order chi connectivity index (χ1) is 16.0. The van der Waals surface area contributed by atoms with E-state index in [4.69, 9.17) is 14.2 Å². The fraction of sp³-hybridized carbons (Fsp3) is 0.571. The van der Waals surface area contributed by atoms with Gasteiger partial charge in [-0.25, -0.2) is 4.39 Å². The summed E-state index contributed by atoms with van der Waals surface area (Å²) in [5.41, 5.74) is 2.45. The van der Waals surface area contributed by atoms with Crippen molar-refractivity contribution in [3.63, 3.8) is 0 Å². The number of halogens is 1. The topological polar surface area (TPSA) is 39.7 Å². The predicted octanol–water partition coefficient (Wildman–Crippen LogP) is 7.04. The van der Waals surface area contributed by atoms with E-state index in [0.29, 0.717) is 13.2 Å². The molecule has 2 unspecified atom stereocenters. The van der Waals surface area contributed by atoms with Crippen LogP contribution in [0, 0.1) is 11.7 Å². The lowest BCUT2D eigenvalue weighted by atomic mass is 9.86. The summed E-state index contributed by atoms with van der Waals surface area (Å²) in [6, 6.07) is 12.7. The van der Waals surface area contributed by atoms with Crippen LogP contribution in [0.5, 0.6) is 5.75 Å². The maximum Gasteiger partial charge on any atom is 0.132 e. The number of hydrogen-bond acceptors (Lipinski definition) is 4. The summed E-state index contributed by atoms with van der Waals surface area (Å²) in [6.07, 6.45) is 7.24. The minimum atomic E-state index is -0.567. The van der Waals surface area contributed by atoms with Crippen molar-refractivity contribution in [2.24, 2.45) is 5.92 Å². The van der Waals surface area contributed by atoms with E-state index in [1.54, 1.807) is 12.1 Å². The Morgan fingerprint density at radius 2 is 1.79 bits per heavy atom. The Labute approximate surface area is 197 Å². The lowest BCUT2D eigenvalue weighted by molar-refractivity contribution is -0.168. The fourth-order valence-electron chi connectivity index (χ4n) is 5.12.